The van der Waals surface area contributed by atoms with E-state index in [2.05, 4.69) is 5.32 Å². The average Bonchev–Trinajstić information content (AvgIpc) is 3.08. The molecule has 1 aromatic carbocycles. The van der Waals surface area contributed by atoms with E-state index in [-0.39, 0.29) is 5.82 Å². The van der Waals surface area contributed by atoms with Gasteiger partial charge < -0.3 is 9.73 Å². The molecule has 0 spiro atoms. The van der Waals surface area contributed by atoms with Gasteiger partial charge in [0.25, 0.3) is 0 Å². The first-order chi connectivity index (χ1) is 8.69. The molecule has 0 unspecified atom stereocenters. The zero-order valence-electron chi connectivity index (χ0n) is 10.2. The maximum Gasteiger partial charge on any atom is 0.153 e. The summed E-state index contributed by atoms with van der Waals surface area (Å²) in [5, 5.41) is 4.56. The normalized spacial score (nSPS) is 15.5. The van der Waals surface area contributed by atoms with Crippen molar-refractivity contribution in [2.45, 2.75) is 38.8 Å². The van der Waals surface area contributed by atoms with E-state index in [0.717, 1.165) is 23.1 Å². The number of benzene rings is 1. The fraction of sp³-hybridized carbons (Fsp3) is 0.429. The number of furan rings is 1. The second kappa shape index (κ2) is 4.56. The van der Waals surface area contributed by atoms with Crippen LogP contribution in [-0.2, 0) is 13.0 Å². The largest absolute Gasteiger partial charge is 0.458 e. The van der Waals surface area contributed by atoms with Gasteiger partial charge in [-0.2, -0.15) is 0 Å². The molecule has 4 heteroatoms. The highest BCUT2D eigenvalue weighted by Crippen LogP contribution is 2.33. The Balaban J connectivity index is 2.04. The Morgan fingerprint density at radius 3 is 2.89 bits per heavy atom. The molecule has 0 atom stereocenters. The molecule has 3 rings (SSSR count). The van der Waals surface area contributed by atoms with Gasteiger partial charge in [0.05, 0.1) is 11.6 Å². The summed E-state index contributed by atoms with van der Waals surface area (Å²) < 4.78 is 19.2. The lowest BCUT2D eigenvalue weighted by atomic mass is 10.1. The summed E-state index contributed by atoms with van der Waals surface area (Å²) in [6, 6.07) is 3.42. The van der Waals surface area contributed by atoms with Gasteiger partial charge in [-0.15, -0.1) is 0 Å². The van der Waals surface area contributed by atoms with Gasteiger partial charge in [0.15, 0.2) is 5.58 Å². The van der Waals surface area contributed by atoms with Crippen LogP contribution < -0.4 is 5.32 Å². The smallest absolute Gasteiger partial charge is 0.153 e. The van der Waals surface area contributed by atoms with E-state index < -0.39 is 0 Å². The van der Waals surface area contributed by atoms with Crippen LogP contribution in [0.15, 0.2) is 16.5 Å². The van der Waals surface area contributed by atoms with Crippen LogP contribution in [0.2, 0.25) is 5.02 Å². The lowest BCUT2D eigenvalue weighted by Gasteiger charge is -2.01. The summed E-state index contributed by atoms with van der Waals surface area (Å²) in [5.41, 5.74) is 1.65. The van der Waals surface area contributed by atoms with E-state index >= 15 is 0 Å². The molecule has 0 amide bonds. The molecule has 1 heterocycles. The van der Waals surface area contributed by atoms with E-state index in [1.54, 1.807) is 0 Å². The number of rotatable bonds is 4. The molecular formula is C14H15ClFNO. The van der Waals surface area contributed by atoms with Gasteiger partial charge in [-0.1, -0.05) is 18.5 Å². The SMILES string of the molecule is CCc1c(CNC2CC2)oc2c(Cl)cc(F)cc12. The highest BCUT2D eigenvalue weighted by molar-refractivity contribution is 6.34. The molecule has 0 saturated heterocycles. The Hall–Kier alpha value is -1.06. The first-order valence-electron chi connectivity index (χ1n) is 6.31. The topological polar surface area (TPSA) is 25.2 Å². The Morgan fingerprint density at radius 2 is 2.22 bits per heavy atom. The van der Waals surface area contributed by atoms with Crippen LogP contribution in [-0.4, -0.2) is 6.04 Å². The minimum atomic E-state index is -0.315. The summed E-state index contributed by atoms with van der Waals surface area (Å²) >= 11 is 6.03. The number of fused-ring (bicyclic) bond motifs is 1. The Bertz CT molecular complexity index is 589. The molecular weight excluding hydrogens is 253 g/mol. The highest BCUT2D eigenvalue weighted by Gasteiger charge is 2.22. The summed E-state index contributed by atoms with van der Waals surface area (Å²) in [5.74, 6) is 0.566. The van der Waals surface area contributed by atoms with Crippen molar-refractivity contribution >= 4 is 22.6 Å². The molecule has 2 nitrogen and oxygen atoms in total. The van der Waals surface area contributed by atoms with Crippen LogP contribution >= 0.6 is 11.6 Å². The molecule has 1 aliphatic carbocycles. The Morgan fingerprint density at radius 1 is 1.44 bits per heavy atom. The van der Waals surface area contributed by atoms with Crippen LogP contribution in [0.4, 0.5) is 4.39 Å². The van der Waals surface area contributed by atoms with Crippen LogP contribution in [0.25, 0.3) is 11.0 Å². The van der Waals surface area contributed by atoms with Crippen molar-refractivity contribution in [3.63, 3.8) is 0 Å². The van der Waals surface area contributed by atoms with E-state index in [9.17, 15) is 4.39 Å². The molecule has 0 bridgehead atoms. The Labute approximate surface area is 110 Å². The van der Waals surface area contributed by atoms with Crippen molar-refractivity contribution in [3.05, 3.63) is 34.3 Å². The van der Waals surface area contributed by atoms with E-state index in [1.165, 1.54) is 25.0 Å². The van der Waals surface area contributed by atoms with Gasteiger partial charge >= 0.3 is 0 Å². The molecule has 1 fully saturated rings. The van der Waals surface area contributed by atoms with Crippen molar-refractivity contribution in [2.24, 2.45) is 0 Å². The van der Waals surface area contributed by atoms with Gasteiger partial charge in [0.1, 0.15) is 11.6 Å². The second-order valence-electron chi connectivity index (χ2n) is 4.78. The minimum Gasteiger partial charge on any atom is -0.458 e. The molecule has 1 aliphatic rings. The molecule has 96 valence electrons. The quantitative estimate of drug-likeness (QED) is 0.904. The van der Waals surface area contributed by atoms with E-state index in [1.807, 2.05) is 6.92 Å². The third-order valence-electron chi connectivity index (χ3n) is 3.38. The highest BCUT2D eigenvalue weighted by atomic mass is 35.5. The summed E-state index contributed by atoms with van der Waals surface area (Å²) in [6.07, 6.45) is 3.28. The number of nitrogens with one attached hydrogen (secondary N) is 1. The first kappa shape index (κ1) is 12.0. The van der Waals surface area contributed by atoms with Crippen LogP contribution in [0, 0.1) is 5.82 Å². The van der Waals surface area contributed by atoms with Crippen molar-refractivity contribution in [3.8, 4) is 0 Å². The third-order valence-corrected chi connectivity index (χ3v) is 3.66. The number of halogens is 2. The van der Waals surface area contributed by atoms with Gasteiger partial charge in [0, 0.05) is 17.0 Å². The van der Waals surface area contributed by atoms with Gasteiger partial charge in [-0.3, -0.25) is 0 Å². The van der Waals surface area contributed by atoms with Crippen molar-refractivity contribution in [1.29, 1.82) is 0 Å². The fourth-order valence-corrected chi connectivity index (χ4v) is 2.52. The minimum absolute atomic E-state index is 0.315. The number of aryl methyl sites for hydroxylation is 1. The zero-order valence-corrected chi connectivity index (χ0v) is 11.0. The van der Waals surface area contributed by atoms with Crippen molar-refractivity contribution in [1.82, 2.24) is 5.32 Å². The second-order valence-corrected chi connectivity index (χ2v) is 5.18. The Kier molecular flexibility index (Phi) is 3.04. The molecule has 0 aliphatic heterocycles. The molecule has 1 aromatic heterocycles. The predicted octanol–water partition coefficient (Wildman–Crippen LogP) is 4.04. The number of hydrogen-bond acceptors (Lipinski definition) is 2. The lowest BCUT2D eigenvalue weighted by Crippen LogP contribution is -2.15. The molecule has 0 radical (unpaired) electrons. The first-order valence-corrected chi connectivity index (χ1v) is 6.69. The van der Waals surface area contributed by atoms with Gasteiger partial charge in [-0.25, -0.2) is 4.39 Å². The average molecular weight is 268 g/mol. The number of hydrogen-bond donors (Lipinski definition) is 1. The summed E-state index contributed by atoms with van der Waals surface area (Å²) in [6.45, 7) is 2.74. The van der Waals surface area contributed by atoms with Gasteiger partial charge in [-0.05, 0) is 31.4 Å². The van der Waals surface area contributed by atoms with Crippen LogP contribution in [0.1, 0.15) is 31.1 Å². The fourth-order valence-electron chi connectivity index (χ4n) is 2.28. The van der Waals surface area contributed by atoms with Crippen LogP contribution in [0.5, 0.6) is 0 Å². The van der Waals surface area contributed by atoms with Crippen molar-refractivity contribution in [2.75, 3.05) is 0 Å². The molecule has 1 N–H and O–H groups in total. The predicted molar refractivity (Wildman–Crippen MR) is 70.4 cm³/mol. The van der Waals surface area contributed by atoms with E-state index in [4.69, 9.17) is 16.0 Å². The maximum absolute atomic E-state index is 13.4. The lowest BCUT2D eigenvalue weighted by molar-refractivity contribution is 0.507. The molecule has 18 heavy (non-hydrogen) atoms. The standard InChI is InChI=1S/C14H15ClFNO/c1-2-10-11-5-8(16)6-12(15)14(11)18-13(10)7-17-9-3-4-9/h5-6,9,17H,2-4,7H2,1H3. The molecule has 1 saturated carbocycles. The maximum atomic E-state index is 13.4. The third kappa shape index (κ3) is 2.13. The monoisotopic (exact) mass is 267 g/mol. The van der Waals surface area contributed by atoms with E-state index in [0.29, 0.717) is 23.2 Å². The van der Waals surface area contributed by atoms with Gasteiger partial charge in [0.2, 0.25) is 0 Å². The molecule has 2 aromatic rings. The van der Waals surface area contributed by atoms with Crippen molar-refractivity contribution < 1.29 is 8.81 Å². The van der Waals surface area contributed by atoms with Crippen LogP contribution in [0.3, 0.4) is 0 Å². The zero-order chi connectivity index (χ0) is 12.7. The summed E-state index contributed by atoms with van der Waals surface area (Å²) in [4.78, 5) is 0. The summed E-state index contributed by atoms with van der Waals surface area (Å²) in [7, 11) is 0.